The molecule has 20 heavy (non-hydrogen) atoms. The van der Waals surface area contributed by atoms with Crippen molar-refractivity contribution in [2.45, 2.75) is 58.2 Å². The lowest BCUT2D eigenvalue weighted by Crippen LogP contribution is -2.26. The molecule has 2 nitrogen and oxygen atoms in total. The van der Waals surface area contributed by atoms with Gasteiger partial charge in [-0.2, -0.15) is 0 Å². The molecule has 0 saturated heterocycles. The highest BCUT2D eigenvalue weighted by molar-refractivity contribution is 5.22. The molecular formula is C18H28N2. The van der Waals surface area contributed by atoms with Crippen molar-refractivity contribution in [3.63, 3.8) is 0 Å². The van der Waals surface area contributed by atoms with Gasteiger partial charge >= 0.3 is 0 Å². The maximum atomic E-state index is 3.58. The zero-order chi connectivity index (χ0) is 13.8. The van der Waals surface area contributed by atoms with Gasteiger partial charge in [-0.1, -0.05) is 31.2 Å². The smallest absolute Gasteiger partial charge is 0.0233 e. The molecule has 2 aliphatic carbocycles. The van der Waals surface area contributed by atoms with Crippen molar-refractivity contribution in [1.82, 2.24) is 10.2 Å². The van der Waals surface area contributed by atoms with E-state index in [4.69, 9.17) is 0 Å². The van der Waals surface area contributed by atoms with Crippen LogP contribution < -0.4 is 5.32 Å². The van der Waals surface area contributed by atoms with E-state index in [-0.39, 0.29) is 0 Å². The molecule has 1 aromatic carbocycles. The second-order valence-corrected chi connectivity index (χ2v) is 6.65. The first-order valence-electron chi connectivity index (χ1n) is 8.37. The average molecular weight is 272 g/mol. The van der Waals surface area contributed by atoms with Crippen LogP contribution >= 0.6 is 0 Å². The Kier molecular flexibility index (Phi) is 4.74. The molecule has 0 aromatic heterocycles. The molecule has 2 heteroatoms. The summed E-state index contributed by atoms with van der Waals surface area (Å²) in [6, 6.07) is 10.0. The molecule has 0 heterocycles. The van der Waals surface area contributed by atoms with E-state index in [2.05, 4.69) is 41.4 Å². The second-order valence-electron chi connectivity index (χ2n) is 6.65. The minimum atomic E-state index is 0.799. The fraction of sp³-hybridized carbons (Fsp3) is 0.667. The molecule has 1 aromatic rings. The van der Waals surface area contributed by atoms with Crippen LogP contribution in [-0.2, 0) is 13.1 Å². The maximum absolute atomic E-state index is 3.58. The molecule has 0 bridgehead atoms. The van der Waals surface area contributed by atoms with Crippen LogP contribution in [0.1, 0.15) is 50.2 Å². The van der Waals surface area contributed by atoms with Crippen LogP contribution in [0.4, 0.5) is 0 Å². The van der Waals surface area contributed by atoms with E-state index in [0.717, 1.165) is 25.0 Å². The minimum Gasteiger partial charge on any atom is -0.310 e. The van der Waals surface area contributed by atoms with Crippen LogP contribution in [0.25, 0.3) is 0 Å². The third-order valence-electron chi connectivity index (χ3n) is 4.35. The first-order chi connectivity index (χ1) is 9.83. The minimum absolute atomic E-state index is 0.799. The van der Waals surface area contributed by atoms with E-state index in [9.17, 15) is 0 Å². The Labute approximate surface area is 123 Å². The molecule has 0 amide bonds. The molecule has 0 unspecified atom stereocenters. The summed E-state index contributed by atoms with van der Waals surface area (Å²) in [4.78, 5) is 2.63. The molecule has 110 valence electrons. The van der Waals surface area contributed by atoms with Crippen molar-refractivity contribution < 1.29 is 0 Å². The van der Waals surface area contributed by atoms with E-state index >= 15 is 0 Å². The van der Waals surface area contributed by atoms with Crippen LogP contribution in [0.15, 0.2) is 24.3 Å². The number of rotatable bonds is 9. The van der Waals surface area contributed by atoms with Gasteiger partial charge in [0.15, 0.2) is 0 Å². The number of hydrogen-bond donors (Lipinski definition) is 1. The molecule has 0 spiro atoms. The van der Waals surface area contributed by atoms with Crippen molar-refractivity contribution in [3.05, 3.63) is 35.4 Å². The topological polar surface area (TPSA) is 15.3 Å². The number of nitrogens with one attached hydrogen (secondary N) is 1. The molecule has 0 radical (unpaired) electrons. The van der Waals surface area contributed by atoms with Crippen molar-refractivity contribution in [2.75, 3.05) is 13.1 Å². The summed E-state index contributed by atoms with van der Waals surface area (Å²) in [6.07, 6.45) is 6.89. The fourth-order valence-electron chi connectivity index (χ4n) is 2.79. The van der Waals surface area contributed by atoms with Gasteiger partial charge in [0.25, 0.3) is 0 Å². The molecule has 0 aliphatic heterocycles. The fourth-order valence-corrected chi connectivity index (χ4v) is 2.79. The number of benzene rings is 1. The quantitative estimate of drug-likeness (QED) is 0.739. The highest BCUT2D eigenvalue weighted by atomic mass is 15.1. The van der Waals surface area contributed by atoms with Crippen molar-refractivity contribution in [3.8, 4) is 0 Å². The van der Waals surface area contributed by atoms with Crippen molar-refractivity contribution in [1.29, 1.82) is 0 Å². The molecule has 2 saturated carbocycles. The van der Waals surface area contributed by atoms with Gasteiger partial charge in [0.2, 0.25) is 0 Å². The van der Waals surface area contributed by atoms with Gasteiger partial charge in [-0.15, -0.1) is 0 Å². The Balaban J connectivity index is 1.49. The summed E-state index contributed by atoms with van der Waals surface area (Å²) in [5, 5.41) is 3.58. The van der Waals surface area contributed by atoms with Crippen molar-refractivity contribution in [2.24, 2.45) is 5.92 Å². The molecule has 0 atom stereocenters. The highest BCUT2D eigenvalue weighted by Gasteiger charge is 2.24. The SMILES string of the molecule is CCCN(Cc1ccc(CNC2CC2)cc1)CC1CC1. The molecule has 2 fully saturated rings. The van der Waals surface area contributed by atoms with E-state index in [0.29, 0.717) is 0 Å². The van der Waals surface area contributed by atoms with E-state index in [1.54, 1.807) is 0 Å². The van der Waals surface area contributed by atoms with Gasteiger partial charge in [-0.25, -0.2) is 0 Å². The third kappa shape index (κ3) is 4.60. The summed E-state index contributed by atoms with van der Waals surface area (Å²) in [5.74, 6) is 0.989. The number of nitrogens with zero attached hydrogens (tertiary/aromatic N) is 1. The Morgan fingerprint density at radius 1 is 1.05 bits per heavy atom. The lowest BCUT2D eigenvalue weighted by molar-refractivity contribution is 0.255. The van der Waals surface area contributed by atoms with Gasteiger partial charge < -0.3 is 5.32 Å². The Bertz CT molecular complexity index is 404. The van der Waals surface area contributed by atoms with E-state index in [1.807, 2.05) is 0 Å². The molecule has 3 rings (SSSR count). The summed E-state index contributed by atoms with van der Waals surface area (Å²) < 4.78 is 0. The molecular weight excluding hydrogens is 244 g/mol. The zero-order valence-electron chi connectivity index (χ0n) is 12.8. The normalized spacial score (nSPS) is 18.7. The van der Waals surface area contributed by atoms with E-state index < -0.39 is 0 Å². The van der Waals surface area contributed by atoms with Gasteiger partial charge in [0.1, 0.15) is 0 Å². The second kappa shape index (κ2) is 6.73. The summed E-state index contributed by atoms with van der Waals surface area (Å²) >= 11 is 0. The van der Waals surface area contributed by atoms with Gasteiger partial charge in [0, 0.05) is 25.7 Å². The molecule has 1 N–H and O–H groups in total. The van der Waals surface area contributed by atoms with Crippen LogP contribution in [0, 0.1) is 5.92 Å². The van der Waals surface area contributed by atoms with Crippen LogP contribution in [0.2, 0.25) is 0 Å². The molecule has 2 aliphatic rings. The largest absolute Gasteiger partial charge is 0.310 e. The van der Waals surface area contributed by atoms with Crippen LogP contribution in [0.3, 0.4) is 0 Å². The summed E-state index contributed by atoms with van der Waals surface area (Å²) in [7, 11) is 0. The Morgan fingerprint density at radius 2 is 1.75 bits per heavy atom. The van der Waals surface area contributed by atoms with Gasteiger partial charge in [-0.05, 0) is 55.7 Å². The monoisotopic (exact) mass is 272 g/mol. The van der Waals surface area contributed by atoms with Gasteiger partial charge in [0.05, 0.1) is 0 Å². The standard InChI is InChI=1S/C18H28N2/c1-2-11-20(14-17-7-8-17)13-16-5-3-15(4-6-16)12-19-18-9-10-18/h3-6,17-19H,2,7-14H2,1H3. The van der Waals surface area contributed by atoms with Gasteiger partial charge in [-0.3, -0.25) is 4.90 Å². The third-order valence-corrected chi connectivity index (χ3v) is 4.35. The van der Waals surface area contributed by atoms with Crippen LogP contribution in [-0.4, -0.2) is 24.0 Å². The lowest BCUT2D eigenvalue weighted by atomic mass is 10.1. The summed E-state index contributed by atoms with van der Waals surface area (Å²) in [5.41, 5.74) is 2.89. The van der Waals surface area contributed by atoms with E-state index in [1.165, 1.54) is 56.3 Å². The van der Waals surface area contributed by atoms with Crippen molar-refractivity contribution >= 4 is 0 Å². The first-order valence-corrected chi connectivity index (χ1v) is 8.37. The maximum Gasteiger partial charge on any atom is 0.0233 e. The predicted octanol–water partition coefficient (Wildman–Crippen LogP) is 3.56. The number of hydrogen-bond acceptors (Lipinski definition) is 2. The zero-order valence-corrected chi connectivity index (χ0v) is 12.8. The first kappa shape index (κ1) is 14.1. The average Bonchev–Trinajstić information content (AvgIpc) is 3.33. The Morgan fingerprint density at radius 3 is 2.35 bits per heavy atom. The Hall–Kier alpha value is -0.860. The van der Waals surface area contributed by atoms with Crippen LogP contribution in [0.5, 0.6) is 0 Å². The summed E-state index contributed by atoms with van der Waals surface area (Å²) in [6.45, 7) is 6.99. The predicted molar refractivity (Wildman–Crippen MR) is 84.6 cm³/mol. The highest BCUT2D eigenvalue weighted by Crippen LogP contribution is 2.30. The lowest BCUT2D eigenvalue weighted by Gasteiger charge is -2.21.